The lowest BCUT2D eigenvalue weighted by atomic mass is 10.1. The predicted octanol–water partition coefficient (Wildman–Crippen LogP) is 2.22. The fourth-order valence-corrected chi connectivity index (χ4v) is 2.63. The van der Waals surface area contributed by atoms with E-state index in [-0.39, 0.29) is 5.91 Å². The maximum Gasteiger partial charge on any atom is 0.255 e. The van der Waals surface area contributed by atoms with Crippen molar-refractivity contribution < 1.29 is 9.53 Å². The molecular formula is C16H14N4O2. The maximum atomic E-state index is 12.5. The molecule has 0 fully saturated rings. The molecule has 1 amide bonds. The Morgan fingerprint density at radius 1 is 1.36 bits per heavy atom. The summed E-state index contributed by atoms with van der Waals surface area (Å²) in [5.74, 6) is 1.37. The Balaban J connectivity index is 1.66. The van der Waals surface area contributed by atoms with Crippen molar-refractivity contribution in [3.63, 3.8) is 0 Å². The van der Waals surface area contributed by atoms with Gasteiger partial charge in [-0.3, -0.25) is 4.79 Å². The Morgan fingerprint density at radius 3 is 3.18 bits per heavy atom. The zero-order valence-electron chi connectivity index (χ0n) is 12.0. The number of aromatic nitrogens is 3. The lowest BCUT2D eigenvalue weighted by Gasteiger charge is -2.07. The molecule has 1 aromatic carbocycles. The lowest BCUT2D eigenvalue weighted by Crippen LogP contribution is -2.13. The van der Waals surface area contributed by atoms with Gasteiger partial charge in [-0.15, -0.1) is 0 Å². The Bertz CT molecular complexity index is 885. The summed E-state index contributed by atoms with van der Waals surface area (Å²) in [6.07, 6.45) is 2.65. The molecule has 0 spiro atoms. The second-order valence-corrected chi connectivity index (χ2v) is 5.22. The number of anilines is 1. The number of carbonyl (C=O) groups excluding carboxylic acids is 1. The van der Waals surface area contributed by atoms with Gasteiger partial charge in [0.2, 0.25) is 0 Å². The molecule has 3 aromatic rings. The third-order valence-electron chi connectivity index (χ3n) is 3.67. The molecule has 0 bridgehead atoms. The van der Waals surface area contributed by atoms with Gasteiger partial charge in [0.1, 0.15) is 11.6 Å². The van der Waals surface area contributed by atoms with Gasteiger partial charge in [0.05, 0.1) is 12.3 Å². The van der Waals surface area contributed by atoms with Crippen molar-refractivity contribution in [3.05, 3.63) is 53.5 Å². The Hall–Kier alpha value is -2.89. The number of aryl methyl sites for hydroxylation is 1. The SMILES string of the molecule is Cc1nc2c(NC(=O)c3ccc4c(c3)CCO4)cccn2n1. The summed E-state index contributed by atoms with van der Waals surface area (Å²) in [7, 11) is 0. The third-order valence-corrected chi connectivity index (χ3v) is 3.67. The topological polar surface area (TPSA) is 68.5 Å². The summed E-state index contributed by atoms with van der Waals surface area (Å²) in [5, 5.41) is 7.14. The minimum Gasteiger partial charge on any atom is -0.493 e. The van der Waals surface area contributed by atoms with Crippen LogP contribution >= 0.6 is 0 Å². The number of carbonyl (C=O) groups is 1. The van der Waals surface area contributed by atoms with Crippen LogP contribution in [0.1, 0.15) is 21.7 Å². The van der Waals surface area contributed by atoms with Crippen molar-refractivity contribution in [2.45, 2.75) is 13.3 Å². The first-order valence-electron chi connectivity index (χ1n) is 7.10. The molecule has 0 aliphatic carbocycles. The van der Waals surface area contributed by atoms with Crippen molar-refractivity contribution >= 4 is 17.2 Å². The number of nitrogens with zero attached hydrogens (tertiary/aromatic N) is 3. The molecule has 0 radical (unpaired) electrons. The Morgan fingerprint density at radius 2 is 2.27 bits per heavy atom. The van der Waals surface area contributed by atoms with E-state index in [0.29, 0.717) is 29.3 Å². The van der Waals surface area contributed by atoms with E-state index >= 15 is 0 Å². The zero-order chi connectivity index (χ0) is 15.1. The molecule has 3 heterocycles. The predicted molar refractivity (Wildman–Crippen MR) is 81.3 cm³/mol. The van der Waals surface area contributed by atoms with Crippen LogP contribution in [0.2, 0.25) is 0 Å². The van der Waals surface area contributed by atoms with Crippen LogP contribution in [0.3, 0.4) is 0 Å². The van der Waals surface area contributed by atoms with Crippen LogP contribution in [0.15, 0.2) is 36.5 Å². The van der Waals surface area contributed by atoms with Crippen LogP contribution in [-0.4, -0.2) is 27.1 Å². The lowest BCUT2D eigenvalue weighted by molar-refractivity contribution is 0.102. The smallest absolute Gasteiger partial charge is 0.255 e. The van der Waals surface area contributed by atoms with Crippen molar-refractivity contribution in [3.8, 4) is 5.75 Å². The summed E-state index contributed by atoms with van der Waals surface area (Å²) in [4.78, 5) is 16.8. The summed E-state index contributed by atoms with van der Waals surface area (Å²) < 4.78 is 7.11. The van der Waals surface area contributed by atoms with Gasteiger partial charge in [-0.25, -0.2) is 9.50 Å². The van der Waals surface area contributed by atoms with Crippen LogP contribution in [-0.2, 0) is 6.42 Å². The van der Waals surface area contributed by atoms with Crippen LogP contribution in [0.25, 0.3) is 5.65 Å². The molecule has 1 aliphatic heterocycles. The molecule has 0 saturated heterocycles. The van der Waals surface area contributed by atoms with E-state index < -0.39 is 0 Å². The van der Waals surface area contributed by atoms with E-state index in [9.17, 15) is 4.79 Å². The normalized spacial score (nSPS) is 13.0. The number of hydrogen-bond acceptors (Lipinski definition) is 4. The monoisotopic (exact) mass is 294 g/mol. The minimum atomic E-state index is -0.163. The Labute approximate surface area is 126 Å². The first-order valence-corrected chi connectivity index (χ1v) is 7.10. The number of benzene rings is 1. The van der Waals surface area contributed by atoms with Crippen LogP contribution in [0, 0.1) is 6.92 Å². The number of ether oxygens (including phenoxy) is 1. The van der Waals surface area contributed by atoms with E-state index in [1.807, 2.05) is 31.2 Å². The highest BCUT2D eigenvalue weighted by Crippen LogP contribution is 2.26. The number of pyridine rings is 1. The molecule has 0 unspecified atom stereocenters. The molecule has 22 heavy (non-hydrogen) atoms. The summed E-state index contributed by atoms with van der Waals surface area (Å²) in [5.41, 5.74) is 2.97. The second kappa shape index (κ2) is 4.84. The average molecular weight is 294 g/mol. The standard InChI is InChI=1S/C16H14N4O2/c1-10-17-15-13(3-2-7-20(15)19-10)18-16(21)12-4-5-14-11(9-12)6-8-22-14/h2-5,7,9H,6,8H2,1H3,(H,18,21). The largest absolute Gasteiger partial charge is 0.493 e. The molecule has 4 rings (SSSR count). The number of fused-ring (bicyclic) bond motifs is 2. The number of amides is 1. The van der Waals surface area contributed by atoms with Crippen LogP contribution < -0.4 is 10.1 Å². The summed E-state index contributed by atoms with van der Waals surface area (Å²) in [6.45, 7) is 2.50. The maximum absolute atomic E-state index is 12.5. The van der Waals surface area contributed by atoms with Crippen molar-refractivity contribution in [2.75, 3.05) is 11.9 Å². The quantitative estimate of drug-likeness (QED) is 0.787. The second-order valence-electron chi connectivity index (χ2n) is 5.22. The van der Waals surface area contributed by atoms with Crippen molar-refractivity contribution in [1.29, 1.82) is 0 Å². The van der Waals surface area contributed by atoms with Crippen LogP contribution in [0.4, 0.5) is 5.69 Å². The number of hydrogen-bond donors (Lipinski definition) is 1. The fraction of sp³-hybridized carbons (Fsp3) is 0.188. The number of rotatable bonds is 2. The molecular weight excluding hydrogens is 280 g/mol. The van der Waals surface area contributed by atoms with Crippen LogP contribution in [0.5, 0.6) is 5.75 Å². The van der Waals surface area contributed by atoms with E-state index in [1.165, 1.54) is 0 Å². The summed E-state index contributed by atoms with van der Waals surface area (Å²) >= 11 is 0. The van der Waals surface area contributed by atoms with Gasteiger partial charge in [-0.05, 0) is 42.8 Å². The molecule has 0 atom stereocenters. The zero-order valence-corrected chi connectivity index (χ0v) is 12.0. The van der Waals surface area contributed by atoms with E-state index in [1.54, 1.807) is 16.8 Å². The van der Waals surface area contributed by atoms with E-state index in [2.05, 4.69) is 15.4 Å². The summed E-state index contributed by atoms with van der Waals surface area (Å²) in [6, 6.07) is 9.14. The number of nitrogens with one attached hydrogen (secondary N) is 1. The molecule has 1 N–H and O–H groups in total. The molecule has 6 heteroatoms. The highest BCUT2D eigenvalue weighted by atomic mass is 16.5. The highest BCUT2D eigenvalue weighted by molar-refractivity contribution is 6.06. The van der Waals surface area contributed by atoms with Gasteiger partial charge in [0, 0.05) is 18.2 Å². The van der Waals surface area contributed by atoms with Gasteiger partial charge in [0.25, 0.3) is 5.91 Å². The van der Waals surface area contributed by atoms with Gasteiger partial charge in [0.15, 0.2) is 5.65 Å². The molecule has 2 aromatic heterocycles. The van der Waals surface area contributed by atoms with Gasteiger partial charge >= 0.3 is 0 Å². The fourth-order valence-electron chi connectivity index (χ4n) is 2.63. The average Bonchev–Trinajstić information content (AvgIpc) is 3.12. The van der Waals surface area contributed by atoms with E-state index in [4.69, 9.17) is 4.74 Å². The first-order chi connectivity index (χ1) is 10.7. The van der Waals surface area contributed by atoms with Crippen molar-refractivity contribution in [1.82, 2.24) is 14.6 Å². The first kappa shape index (κ1) is 12.8. The van der Waals surface area contributed by atoms with Gasteiger partial charge in [-0.1, -0.05) is 0 Å². The molecule has 0 saturated carbocycles. The molecule has 1 aliphatic rings. The van der Waals surface area contributed by atoms with Crippen molar-refractivity contribution in [2.24, 2.45) is 0 Å². The Kier molecular flexibility index (Phi) is 2.82. The van der Waals surface area contributed by atoms with E-state index in [0.717, 1.165) is 17.7 Å². The molecule has 110 valence electrons. The van der Waals surface area contributed by atoms with Gasteiger partial charge < -0.3 is 10.1 Å². The highest BCUT2D eigenvalue weighted by Gasteiger charge is 2.16. The minimum absolute atomic E-state index is 0.163. The molecule has 6 nitrogen and oxygen atoms in total. The third kappa shape index (κ3) is 2.09. The van der Waals surface area contributed by atoms with Gasteiger partial charge in [-0.2, -0.15) is 5.10 Å².